The molecule has 0 amide bonds. The summed E-state index contributed by atoms with van der Waals surface area (Å²) in [6.45, 7) is 4.18. The highest BCUT2D eigenvalue weighted by atomic mass is 31.2. The minimum absolute atomic E-state index is 0.0847. The zero-order valence-electron chi connectivity index (χ0n) is 38.7. The van der Waals surface area contributed by atoms with Crippen LogP contribution in [0.5, 0.6) is 0 Å². The van der Waals surface area contributed by atoms with Crippen molar-refractivity contribution in [1.29, 1.82) is 0 Å². The predicted molar refractivity (Wildman–Crippen MR) is 249 cm³/mol. The highest BCUT2D eigenvalue weighted by Crippen LogP contribution is 2.47. The van der Waals surface area contributed by atoms with Crippen molar-refractivity contribution in [3.63, 3.8) is 0 Å². The number of phosphoric acid groups is 1. The van der Waals surface area contributed by atoms with Crippen LogP contribution in [0.15, 0.2) is 48.6 Å². The summed E-state index contributed by atoms with van der Waals surface area (Å²) in [6.07, 6.45) is 36.2. The predicted octanol–water partition coefficient (Wildman–Crippen LogP) is 10.4. The van der Waals surface area contributed by atoms with Crippen LogP contribution in [0.1, 0.15) is 194 Å². The largest absolute Gasteiger partial charge is 0.472 e. The monoisotopic (exact) mass is 901 g/mol. The molecule has 1 rings (SSSR count). The maximum atomic E-state index is 12.8. The molecule has 12 nitrogen and oxygen atoms in total. The van der Waals surface area contributed by atoms with Gasteiger partial charge in [-0.1, -0.05) is 165 Å². The number of unbranched alkanes of at least 4 members (excludes halogenated alkanes) is 21. The van der Waals surface area contributed by atoms with Crippen molar-refractivity contribution < 1.29 is 58.3 Å². The van der Waals surface area contributed by atoms with Crippen LogP contribution in [0.25, 0.3) is 0 Å². The van der Waals surface area contributed by atoms with Gasteiger partial charge in [0.1, 0.15) is 42.7 Å². The second-order valence-electron chi connectivity index (χ2n) is 17.0. The van der Waals surface area contributed by atoms with E-state index in [0.717, 1.165) is 83.5 Å². The quantitative estimate of drug-likeness (QED) is 0.0147. The standard InChI is InChI=1S/C49H89O12P/c1-3-5-7-9-11-13-15-16-17-18-19-20-21-22-23-24-25-26-27-29-31-33-35-37-39-58-40-42(60-43(50)38-36-34-32-30-28-14-12-10-8-6-4-2)41-59-62(56,57)61-49-47(54)45(52)44(51)46(53)48(49)55/h10,12,15-16,18-19,21-22,42,44-49,51-55H,3-9,11,13-14,17,20,23-41H2,1-2H3,(H,56,57)/b12-10-,16-15-,19-18-,22-21-. The molecule has 0 bridgehead atoms. The molecule has 1 saturated carbocycles. The number of hydrogen-bond donors (Lipinski definition) is 6. The van der Waals surface area contributed by atoms with Gasteiger partial charge < -0.3 is 39.9 Å². The van der Waals surface area contributed by atoms with Crippen LogP contribution in [0.3, 0.4) is 0 Å². The van der Waals surface area contributed by atoms with E-state index < -0.39 is 63.1 Å². The fourth-order valence-electron chi connectivity index (χ4n) is 7.23. The lowest BCUT2D eigenvalue weighted by molar-refractivity contribution is -0.220. The van der Waals surface area contributed by atoms with Gasteiger partial charge in [-0.3, -0.25) is 13.8 Å². The van der Waals surface area contributed by atoms with E-state index in [-0.39, 0.29) is 13.0 Å². The van der Waals surface area contributed by atoms with Crippen LogP contribution in [0.2, 0.25) is 0 Å². The molecule has 1 fully saturated rings. The van der Waals surface area contributed by atoms with E-state index in [2.05, 4.69) is 62.5 Å². The Hall–Kier alpha value is -1.70. The minimum atomic E-state index is -5.02. The molecular formula is C49H89O12P. The number of carbonyl (C=O) groups is 1. The molecule has 62 heavy (non-hydrogen) atoms. The Bertz CT molecular complexity index is 1210. The first-order valence-corrected chi connectivity index (χ1v) is 26.0. The van der Waals surface area contributed by atoms with Crippen molar-refractivity contribution in [1.82, 2.24) is 0 Å². The maximum Gasteiger partial charge on any atom is 0.472 e. The Balaban J connectivity index is 2.31. The summed E-state index contributed by atoms with van der Waals surface area (Å²) in [5, 5.41) is 50.2. The molecule has 6 atom stereocenters. The average molecular weight is 901 g/mol. The molecule has 0 aromatic heterocycles. The molecule has 0 aromatic carbocycles. The first kappa shape index (κ1) is 58.3. The van der Waals surface area contributed by atoms with Crippen LogP contribution in [0.4, 0.5) is 0 Å². The number of aliphatic hydroxyl groups is 5. The van der Waals surface area contributed by atoms with Crippen LogP contribution < -0.4 is 0 Å². The summed E-state index contributed by atoms with van der Waals surface area (Å²) < 4.78 is 34.2. The fraction of sp³-hybridized carbons (Fsp3) is 0.816. The zero-order chi connectivity index (χ0) is 45.5. The lowest BCUT2D eigenvalue weighted by Crippen LogP contribution is -2.64. The van der Waals surface area contributed by atoms with Crippen molar-refractivity contribution in [3.05, 3.63) is 48.6 Å². The molecular weight excluding hydrogens is 812 g/mol. The first-order valence-electron chi connectivity index (χ1n) is 24.5. The number of hydrogen-bond acceptors (Lipinski definition) is 11. The van der Waals surface area contributed by atoms with E-state index in [0.29, 0.717) is 13.0 Å². The van der Waals surface area contributed by atoms with Gasteiger partial charge in [0.05, 0.1) is 13.2 Å². The van der Waals surface area contributed by atoms with Gasteiger partial charge in [-0.15, -0.1) is 0 Å². The highest BCUT2D eigenvalue weighted by molar-refractivity contribution is 7.47. The van der Waals surface area contributed by atoms with Crippen LogP contribution in [-0.2, 0) is 27.9 Å². The van der Waals surface area contributed by atoms with Gasteiger partial charge in [0, 0.05) is 13.0 Å². The number of rotatable bonds is 41. The van der Waals surface area contributed by atoms with Crippen LogP contribution in [-0.4, -0.2) is 98.9 Å². The SMILES string of the molecule is CCCC/C=C\CCCCCCCC(=O)OC(COCCCCCCCCCCC/C=C\C/C=C\C/C=C\CCCCCCC)COP(=O)(O)OC1C(O)C(O)C(O)C(O)C1O. The van der Waals surface area contributed by atoms with Gasteiger partial charge in [0.15, 0.2) is 0 Å². The van der Waals surface area contributed by atoms with Crippen molar-refractivity contribution in [2.45, 2.75) is 236 Å². The number of allylic oxidation sites excluding steroid dienone is 8. The smallest absolute Gasteiger partial charge is 0.457 e. The van der Waals surface area contributed by atoms with Gasteiger partial charge in [-0.05, 0) is 70.6 Å². The normalized spacial score (nSPS) is 22.4. The summed E-state index contributed by atoms with van der Waals surface area (Å²) in [6, 6.07) is 0. The van der Waals surface area contributed by atoms with Gasteiger partial charge in [-0.25, -0.2) is 4.57 Å². The first-order chi connectivity index (χ1) is 30.0. The summed E-state index contributed by atoms with van der Waals surface area (Å²) >= 11 is 0. The van der Waals surface area contributed by atoms with Crippen molar-refractivity contribution in [2.75, 3.05) is 19.8 Å². The number of ether oxygens (including phenoxy) is 2. The van der Waals surface area contributed by atoms with Gasteiger partial charge >= 0.3 is 13.8 Å². The Morgan fingerprint density at radius 1 is 0.516 bits per heavy atom. The Morgan fingerprint density at radius 3 is 1.44 bits per heavy atom. The van der Waals surface area contributed by atoms with E-state index in [1.54, 1.807) is 0 Å². The third-order valence-electron chi connectivity index (χ3n) is 11.2. The lowest BCUT2D eigenvalue weighted by Gasteiger charge is -2.41. The third kappa shape index (κ3) is 31.2. The molecule has 0 heterocycles. The summed E-state index contributed by atoms with van der Waals surface area (Å²) in [5.41, 5.74) is 0. The molecule has 0 radical (unpaired) electrons. The third-order valence-corrected chi connectivity index (χ3v) is 12.2. The van der Waals surface area contributed by atoms with E-state index in [1.165, 1.54) is 83.5 Å². The van der Waals surface area contributed by atoms with E-state index in [9.17, 15) is 39.8 Å². The Kier molecular flexibility index (Phi) is 37.3. The fourth-order valence-corrected chi connectivity index (χ4v) is 8.20. The maximum absolute atomic E-state index is 12.8. The molecule has 0 saturated heterocycles. The van der Waals surface area contributed by atoms with E-state index in [4.69, 9.17) is 18.5 Å². The average Bonchev–Trinajstić information content (AvgIpc) is 3.26. The Labute approximate surface area is 375 Å². The molecule has 13 heteroatoms. The van der Waals surface area contributed by atoms with Crippen LogP contribution in [0, 0.1) is 0 Å². The van der Waals surface area contributed by atoms with Crippen molar-refractivity contribution in [2.24, 2.45) is 0 Å². The highest BCUT2D eigenvalue weighted by Gasteiger charge is 2.51. The Morgan fingerprint density at radius 2 is 0.919 bits per heavy atom. The molecule has 6 unspecified atom stereocenters. The van der Waals surface area contributed by atoms with Crippen LogP contribution >= 0.6 is 7.82 Å². The minimum Gasteiger partial charge on any atom is -0.457 e. The molecule has 362 valence electrons. The lowest BCUT2D eigenvalue weighted by atomic mass is 9.85. The number of esters is 1. The summed E-state index contributed by atoms with van der Waals surface area (Å²) in [7, 11) is -5.02. The topological polar surface area (TPSA) is 192 Å². The summed E-state index contributed by atoms with van der Waals surface area (Å²) in [5.74, 6) is -0.491. The van der Waals surface area contributed by atoms with Gasteiger partial charge in [0.25, 0.3) is 0 Å². The van der Waals surface area contributed by atoms with Gasteiger partial charge in [0.2, 0.25) is 0 Å². The number of phosphoric ester groups is 1. The molecule has 0 spiro atoms. The molecule has 6 N–H and O–H groups in total. The van der Waals surface area contributed by atoms with Crippen molar-refractivity contribution in [3.8, 4) is 0 Å². The molecule has 0 aromatic rings. The summed E-state index contributed by atoms with van der Waals surface area (Å²) in [4.78, 5) is 23.1. The molecule has 1 aliphatic carbocycles. The number of carbonyl (C=O) groups excluding carboxylic acids is 1. The van der Waals surface area contributed by atoms with E-state index in [1.807, 2.05) is 0 Å². The van der Waals surface area contributed by atoms with Gasteiger partial charge in [-0.2, -0.15) is 0 Å². The number of aliphatic hydroxyl groups excluding tert-OH is 5. The van der Waals surface area contributed by atoms with Crippen molar-refractivity contribution >= 4 is 13.8 Å². The second-order valence-corrected chi connectivity index (χ2v) is 18.4. The second kappa shape index (κ2) is 39.6. The molecule has 0 aliphatic heterocycles. The molecule has 1 aliphatic rings. The zero-order valence-corrected chi connectivity index (χ0v) is 39.6. The van der Waals surface area contributed by atoms with E-state index >= 15 is 0 Å².